The second-order valence-electron chi connectivity index (χ2n) is 6.88. The van der Waals surface area contributed by atoms with Gasteiger partial charge >= 0.3 is 11.9 Å². The summed E-state index contributed by atoms with van der Waals surface area (Å²) in [5.41, 5.74) is 0. The number of para-hydroxylation sites is 2. The Balaban J connectivity index is 2.13. The van der Waals surface area contributed by atoms with Gasteiger partial charge in [0.2, 0.25) is 6.10 Å². The summed E-state index contributed by atoms with van der Waals surface area (Å²) in [6, 6.07) is 16.2. The predicted octanol–water partition coefficient (Wildman–Crippen LogP) is 1.00. The molecule has 0 saturated heterocycles. The zero-order valence-electron chi connectivity index (χ0n) is 16.9. The number of aliphatic carboxylic acids is 1. The van der Waals surface area contributed by atoms with Crippen molar-refractivity contribution >= 4 is 11.9 Å². The number of carboxylic acid groups (broad SMARTS) is 1. The highest BCUT2D eigenvalue weighted by atomic mass is 16.6. The van der Waals surface area contributed by atoms with Gasteiger partial charge in [-0.25, -0.2) is 9.59 Å². The van der Waals surface area contributed by atoms with E-state index in [2.05, 4.69) is 0 Å². The van der Waals surface area contributed by atoms with Gasteiger partial charge in [0.15, 0.2) is 6.10 Å². The molecule has 2 rings (SSSR count). The summed E-state index contributed by atoms with van der Waals surface area (Å²) >= 11 is 0. The van der Waals surface area contributed by atoms with Crippen molar-refractivity contribution in [2.45, 2.75) is 43.9 Å². The number of hydrogen-bond donors (Lipinski definition) is 4. The molecule has 31 heavy (non-hydrogen) atoms. The van der Waals surface area contributed by atoms with E-state index in [0.717, 1.165) is 0 Å². The molecule has 0 fully saturated rings. The van der Waals surface area contributed by atoms with Crippen molar-refractivity contribution in [1.82, 2.24) is 0 Å². The largest absolute Gasteiger partial charge is 0.479 e. The highest BCUT2D eigenvalue weighted by Crippen LogP contribution is 2.19. The Kier molecular flexibility index (Phi) is 9.26. The van der Waals surface area contributed by atoms with Crippen molar-refractivity contribution in [3.8, 4) is 11.5 Å². The molecule has 0 radical (unpaired) electrons. The summed E-state index contributed by atoms with van der Waals surface area (Å²) in [7, 11) is 0. The number of ether oxygens (including phenoxy) is 3. The lowest BCUT2D eigenvalue weighted by Gasteiger charge is -2.27. The summed E-state index contributed by atoms with van der Waals surface area (Å²) in [6.45, 7) is 1.06. The van der Waals surface area contributed by atoms with Crippen LogP contribution in [0.4, 0.5) is 0 Å². The van der Waals surface area contributed by atoms with Gasteiger partial charge < -0.3 is 34.6 Å². The third-order valence-corrected chi connectivity index (χ3v) is 4.16. The highest BCUT2D eigenvalue weighted by molar-refractivity contribution is 5.76. The van der Waals surface area contributed by atoms with Crippen LogP contribution in [0.15, 0.2) is 60.7 Å². The van der Waals surface area contributed by atoms with Crippen LogP contribution < -0.4 is 9.47 Å². The molecule has 2 aromatic rings. The first kappa shape index (κ1) is 24.1. The van der Waals surface area contributed by atoms with E-state index in [0.29, 0.717) is 0 Å². The standard InChI is InChI=1S/C22H26O9/c1-14(23)13-29-22(28)20(31-16-10-6-3-7-11-16)19(25)17(24)12-18(21(26)27)30-15-8-4-2-5-9-15/h2-11,14,17-20,23-25H,12-13H2,1H3,(H,26,27). The van der Waals surface area contributed by atoms with Crippen LogP contribution in [0.2, 0.25) is 0 Å². The summed E-state index contributed by atoms with van der Waals surface area (Å²) in [5, 5.41) is 39.8. The molecule has 0 heterocycles. The molecule has 0 aliphatic carbocycles. The molecule has 0 aliphatic rings. The Morgan fingerprint density at radius 1 is 0.871 bits per heavy atom. The number of aliphatic hydroxyl groups is 3. The molecule has 168 valence electrons. The molecular weight excluding hydrogens is 408 g/mol. The molecule has 2 aromatic carbocycles. The van der Waals surface area contributed by atoms with Crippen molar-refractivity contribution in [3.05, 3.63) is 60.7 Å². The maximum absolute atomic E-state index is 12.4. The Morgan fingerprint density at radius 3 is 1.87 bits per heavy atom. The molecule has 5 unspecified atom stereocenters. The average molecular weight is 434 g/mol. The fourth-order valence-corrected chi connectivity index (χ4v) is 2.61. The number of carbonyl (C=O) groups excluding carboxylic acids is 1. The fourth-order valence-electron chi connectivity index (χ4n) is 2.61. The molecule has 0 aliphatic heterocycles. The molecule has 9 nitrogen and oxygen atoms in total. The predicted molar refractivity (Wildman–Crippen MR) is 109 cm³/mol. The molecule has 9 heteroatoms. The number of carbonyl (C=O) groups is 2. The first-order valence-electron chi connectivity index (χ1n) is 9.65. The van der Waals surface area contributed by atoms with Crippen molar-refractivity contribution < 1.29 is 44.2 Å². The first-order chi connectivity index (χ1) is 14.8. The fraction of sp³-hybridized carbons (Fsp3) is 0.364. The Hall–Kier alpha value is -3.14. The van der Waals surface area contributed by atoms with Crippen LogP contribution in [0.5, 0.6) is 11.5 Å². The van der Waals surface area contributed by atoms with Crippen LogP contribution >= 0.6 is 0 Å². The number of hydrogen-bond acceptors (Lipinski definition) is 8. The van der Waals surface area contributed by atoms with Crippen molar-refractivity contribution in [1.29, 1.82) is 0 Å². The van der Waals surface area contributed by atoms with Gasteiger partial charge in [0.25, 0.3) is 0 Å². The maximum Gasteiger partial charge on any atom is 0.350 e. The smallest absolute Gasteiger partial charge is 0.350 e. The van der Waals surface area contributed by atoms with Crippen LogP contribution in [0.1, 0.15) is 13.3 Å². The van der Waals surface area contributed by atoms with Crippen molar-refractivity contribution in [2.24, 2.45) is 0 Å². The van der Waals surface area contributed by atoms with Crippen LogP contribution in [-0.4, -0.2) is 69.5 Å². The maximum atomic E-state index is 12.4. The number of aliphatic hydroxyl groups excluding tert-OH is 3. The van der Waals surface area contributed by atoms with Gasteiger partial charge in [-0.2, -0.15) is 0 Å². The van der Waals surface area contributed by atoms with E-state index in [4.69, 9.17) is 14.2 Å². The van der Waals surface area contributed by atoms with E-state index in [9.17, 15) is 30.0 Å². The third-order valence-electron chi connectivity index (χ3n) is 4.16. The van der Waals surface area contributed by atoms with Crippen molar-refractivity contribution in [2.75, 3.05) is 6.61 Å². The van der Waals surface area contributed by atoms with E-state index in [1.165, 1.54) is 19.1 Å². The second-order valence-corrected chi connectivity index (χ2v) is 6.88. The zero-order valence-corrected chi connectivity index (χ0v) is 16.9. The number of carboxylic acids is 1. The molecular formula is C22H26O9. The summed E-state index contributed by atoms with van der Waals surface area (Å²) in [5.74, 6) is -1.88. The Morgan fingerprint density at radius 2 is 1.39 bits per heavy atom. The summed E-state index contributed by atoms with van der Waals surface area (Å²) in [4.78, 5) is 24.0. The quantitative estimate of drug-likeness (QED) is 0.360. The average Bonchev–Trinajstić information content (AvgIpc) is 2.76. The molecule has 0 aromatic heterocycles. The van der Waals surface area contributed by atoms with E-state index < -0.39 is 48.9 Å². The van der Waals surface area contributed by atoms with Gasteiger partial charge in [0, 0.05) is 6.42 Å². The van der Waals surface area contributed by atoms with Crippen LogP contribution in [0, 0.1) is 0 Å². The van der Waals surface area contributed by atoms with Crippen molar-refractivity contribution in [3.63, 3.8) is 0 Å². The molecule has 0 amide bonds. The summed E-state index contributed by atoms with van der Waals surface area (Å²) in [6.07, 6.45) is -8.15. The SMILES string of the molecule is CC(O)COC(=O)C(Oc1ccccc1)C(O)C(O)CC(Oc1ccccc1)C(=O)O. The molecule has 0 saturated carbocycles. The zero-order chi connectivity index (χ0) is 22.8. The Labute approximate surface area is 179 Å². The molecule has 0 spiro atoms. The van der Waals surface area contributed by atoms with E-state index >= 15 is 0 Å². The van der Waals surface area contributed by atoms with Gasteiger partial charge in [0.1, 0.15) is 24.2 Å². The van der Waals surface area contributed by atoms with Gasteiger partial charge in [-0.1, -0.05) is 36.4 Å². The lowest BCUT2D eigenvalue weighted by Crippen LogP contribution is -2.49. The van der Waals surface area contributed by atoms with Crippen LogP contribution in [0.3, 0.4) is 0 Å². The molecule has 4 N–H and O–H groups in total. The lowest BCUT2D eigenvalue weighted by molar-refractivity contribution is -0.165. The minimum absolute atomic E-state index is 0.225. The van der Waals surface area contributed by atoms with Gasteiger partial charge in [-0.15, -0.1) is 0 Å². The van der Waals surface area contributed by atoms with Crippen LogP contribution in [0.25, 0.3) is 0 Å². The topological polar surface area (TPSA) is 143 Å². The first-order valence-corrected chi connectivity index (χ1v) is 9.65. The molecule has 5 atom stereocenters. The van der Waals surface area contributed by atoms with Gasteiger partial charge in [0.05, 0.1) is 12.2 Å². The Bertz CT molecular complexity index is 810. The van der Waals surface area contributed by atoms with Gasteiger partial charge in [-0.3, -0.25) is 0 Å². The normalized spacial score (nSPS) is 15.7. The monoisotopic (exact) mass is 434 g/mol. The van der Waals surface area contributed by atoms with Crippen LogP contribution in [-0.2, 0) is 14.3 Å². The second kappa shape index (κ2) is 11.9. The molecule has 0 bridgehead atoms. The lowest BCUT2D eigenvalue weighted by atomic mass is 10.0. The van der Waals surface area contributed by atoms with E-state index in [-0.39, 0.29) is 18.1 Å². The van der Waals surface area contributed by atoms with Gasteiger partial charge in [-0.05, 0) is 31.2 Å². The number of rotatable bonds is 12. The minimum atomic E-state index is -1.83. The highest BCUT2D eigenvalue weighted by Gasteiger charge is 2.38. The van der Waals surface area contributed by atoms with E-state index in [1.807, 2.05) is 0 Å². The third kappa shape index (κ3) is 7.89. The number of benzene rings is 2. The summed E-state index contributed by atoms with van der Waals surface area (Å²) < 4.78 is 15.8. The minimum Gasteiger partial charge on any atom is -0.479 e. The van der Waals surface area contributed by atoms with E-state index in [1.54, 1.807) is 48.5 Å². The number of esters is 1.